The van der Waals surface area contributed by atoms with E-state index in [0.29, 0.717) is 0 Å². The largest absolute Gasteiger partial charge is 5.00 e. The van der Waals surface area contributed by atoms with Crippen LogP contribution in [-0.2, 0) is 138 Å². The van der Waals surface area contributed by atoms with Crippen molar-refractivity contribution in [1.29, 1.82) is 0 Å². The van der Waals surface area contributed by atoms with Crippen molar-refractivity contribution in [3.8, 4) is 0 Å². The maximum atomic E-state index is 11.2. The summed E-state index contributed by atoms with van der Waals surface area (Å²) in [5.74, 6) is -36.9. The van der Waals surface area contributed by atoms with Crippen LogP contribution in [0.5, 0.6) is 0 Å². The summed E-state index contributed by atoms with van der Waals surface area (Å²) in [5, 5.41) is 51.7. The Labute approximate surface area is 439 Å². The molecule has 0 saturated carbocycles. The van der Waals surface area contributed by atoms with Crippen molar-refractivity contribution >= 4 is 146 Å². The molecule has 76 heavy (non-hydrogen) atoms. The first-order chi connectivity index (χ1) is 33.4. The summed E-state index contributed by atoms with van der Waals surface area (Å²) >= 11 is 0. The number of carboxylic acids is 5. The van der Waals surface area contributed by atoms with Gasteiger partial charge in [-0.2, -0.15) is 0 Å². The van der Waals surface area contributed by atoms with Gasteiger partial charge < -0.3 is 49.5 Å². The number of carboxylic acid groups (broad SMARTS) is 5. The maximum Gasteiger partial charge on any atom is 5.00 e. The molecule has 30 nitrogen and oxygen atoms in total. The number of carbonyl (C=O) groups is 25. The van der Waals surface area contributed by atoms with Crippen molar-refractivity contribution in [2.75, 3.05) is 0 Å². The number of aliphatic carboxylic acids is 5. The second-order valence-electron chi connectivity index (χ2n) is 15.2. The Morgan fingerprint density at radius 3 is 0.237 bits per heavy atom. The van der Waals surface area contributed by atoms with Gasteiger partial charge in [0.15, 0.2) is 86.7 Å². The predicted octanol–water partition coefficient (Wildman–Crippen LogP) is -9.71. The molecule has 0 rings (SSSR count). The summed E-state index contributed by atoms with van der Waals surface area (Å²) in [6.45, 7) is 12.1. The molecule has 0 aliphatic heterocycles. The van der Waals surface area contributed by atoms with E-state index in [9.17, 15) is 145 Å². The van der Waals surface area contributed by atoms with Crippen LogP contribution < -0.4 is 25.5 Å². The first-order valence-corrected chi connectivity index (χ1v) is 19.9. The molecule has 31 heteroatoms. The zero-order valence-corrected chi connectivity index (χ0v) is 44.1. The van der Waals surface area contributed by atoms with E-state index in [1.165, 1.54) is 0 Å². The van der Waals surface area contributed by atoms with Gasteiger partial charge in [0.1, 0.15) is 29.8 Å². The molecule has 0 heterocycles. The van der Waals surface area contributed by atoms with Gasteiger partial charge in [-0.05, 0) is 104 Å². The minimum absolute atomic E-state index is 0. The monoisotopic (exact) mass is 1120 g/mol. The van der Waals surface area contributed by atoms with Gasteiger partial charge in [-0.15, -0.1) is 0 Å². The minimum Gasteiger partial charge on any atom is -0.542 e. The molecule has 410 valence electrons. The van der Waals surface area contributed by atoms with Crippen LogP contribution in [0.3, 0.4) is 0 Å². The van der Waals surface area contributed by atoms with Crippen molar-refractivity contribution in [1.82, 2.24) is 0 Å². The van der Waals surface area contributed by atoms with Gasteiger partial charge in [-0.25, -0.2) is 0 Å². The van der Waals surface area contributed by atoms with E-state index in [1.807, 2.05) is 0 Å². The van der Waals surface area contributed by atoms with Crippen LogP contribution in [0.4, 0.5) is 0 Å². The SMILES string of the molecule is CC(=O)C(C(C)=O)(C(C)=O)C(=O)C(=O)[O-].CC(=O)C(C(C)=O)(C(C)=O)C(=O)C(=O)[O-].CC(=O)C(C(C)=O)(C(C)=O)C(=O)C(=O)[O-].CC(=O)C(C(C)=O)(C(C)=O)C(=O)C(=O)[O-].CC(=O)C(C(C)=O)(C(C)=O)C(=O)C(=O)[O-].[V+5]. The van der Waals surface area contributed by atoms with E-state index in [0.717, 1.165) is 104 Å². The number of carbonyl (C=O) groups excluding carboxylic acids is 25. The minimum atomic E-state index is -2.74. The van der Waals surface area contributed by atoms with E-state index in [-0.39, 0.29) is 18.6 Å². The predicted molar refractivity (Wildman–Crippen MR) is 222 cm³/mol. The van der Waals surface area contributed by atoms with E-state index >= 15 is 0 Å². The van der Waals surface area contributed by atoms with E-state index in [1.54, 1.807) is 0 Å². The third kappa shape index (κ3) is 15.7. The fourth-order valence-corrected chi connectivity index (χ4v) is 6.88. The van der Waals surface area contributed by atoms with Crippen LogP contribution in [0.1, 0.15) is 104 Å². The molecule has 0 fully saturated rings. The quantitative estimate of drug-likeness (QED) is 0.0605. The van der Waals surface area contributed by atoms with E-state index in [4.69, 9.17) is 0 Å². The molecule has 0 bridgehead atoms. The summed E-state index contributed by atoms with van der Waals surface area (Å²) in [6.07, 6.45) is 0. The van der Waals surface area contributed by atoms with Crippen LogP contribution in [-0.4, -0.2) is 146 Å². The second-order valence-corrected chi connectivity index (χ2v) is 15.2. The fourth-order valence-electron chi connectivity index (χ4n) is 6.88. The van der Waals surface area contributed by atoms with Gasteiger partial charge in [-0.3, -0.25) is 95.9 Å². The summed E-state index contributed by atoms with van der Waals surface area (Å²) < 4.78 is 0. The van der Waals surface area contributed by atoms with Crippen LogP contribution in [0, 0.1) is 27.1 Å². The molecule has 0 saturated heterocycles. The summed E-state index contributed by atoms with van der Waals surface area (Å²) in [7, 11) is 0. The Hall–Kier alpha value is -8.67. The number of hydrogen-bond donors (Lipinski definition) is 0. The Kier molecular flexibility index (Phi) is 31.6. The number of rotatable bonds is 25. The summed E-state index contributed by atoms with van der Waals surface area (Å²) in [5.41, 5.74) is -13.7. The molecule has 0 aromatic heterocycles. The molecule has 0 aromatic rings. The number of Topliss-reactive ketones (excluding diaryl/α,β-unsaturated/α-hetero) is 20. The van der Waals surface area contributed by atoms with Crippen molar-refractivity contribution in [3.05, 3.63) is 0 Å². The molecular formula is C45H45O30V. The fraction of sp³-hybridized carbons (Fsp3) is 0.444. The number of hydrogen-bond acceptors (Lipinski definition) is 30. The van der Waals surface area contributed by atoms with Crippen LogP contribution in [0.15, 0.2) is 0 Å². The summed E-state index contributed by atoms with van der Waals surface area (Å²) in [4.78, 5) is 275. The van der Waals surface area contributed by atoms with Crippen molar-refractivity contribution in [3.63, 3.8) is 0 Å². The Morgan fingerprint density at radius 2 is 0.224 bits per heavy atom. The Balaban J connectivity index is -0.000000201. The van der Waals surface area contributed by atoms with Crippen LogP contribution >= 0.6 is 0 Å². The van der Waals surface area contributed by atoms with Crippen molar-refractivity contribution in [2.45, 2.75) is 104 Å². The molecular weight excluding hydrogens is 1070 g/mol. The van der Waals surface area contributed by atoms with Gasteiger partial charge in [0.05, 0.1) is 0 Å². The van der Waals surface area contributed by atoms with Gasteiger partial charge in [-0.1, -0.05) is 0 Å². The van der Waals surface area contributed by atoms with Gasteiger partial charge in [0, 0.05) is 0 Å². The average molecular weight is 1120 g/mol. The molecule has 0 radical (unpaired) electrons. The van der Waals surface area contributed by atoms with E-state index < -0.39 is 173 Å². The standard InChI is InChI=1S/5C9H10O6.V/c5*1-4(10)9(5(2)11,6(3)12)7(13)8(14)15;/h5*1-3H3,(H,14,15);/q;;;;;+5/p-5. The van der Waals surface area contributed by atoms with E-state index in [2.05, 4.69) is 0 Å². The maximum absolute atomic E-state index is 11.2. The Morgan fingerprint density at radius 1 is 0.171 bits per heavy atom. The molecule has 0 aromatic carbocycles. The van der Waals surface area contributed by atoms with Gasteiger partial charge in [0.25, 0.3) is 0 Å². The number of ketones is 20. The molecule has 0 atom stereocenters. The molecule has 0 aliphatic rings. The average Bonchev–Trinajstić information content (AvgIpc) is 3.20. The van der Waals surface area contributed by atoms with Gasteiger partial charge in [0.2, 0.25) is 56.0 Å². The van der Waals surface area contributed by atoms with Gasteiger partial charge >= 0.3 is 18.6 Å². The first-order valence-electron chi connectivity index (χ1n) is 19.9. The van der Waals surface area contributed by atoms with Crippen molar-refractivity contribution in [2.24, 2.45) is 27.1 Å². The molecule has 0 N–H and O–H groups in total. The summed E-state index contributed by atoms with van der Waals surface area (Å²) in [6, 6.07) is 0. The topological polar surface area (TPSA) is 542 Å². The normalized spacial score (nSPS) is 10.5. The van der Waals surface area contributed by atoms with Crippen LogP contribution in [0.25, 0.3) is 0 Å². The molecule has 0 amide bonds. The Bertz CT molecular complexity index is 2070. The molecule has 0 spiro atoms. The molecule has 0 unspecified atom stereocenters. The first kappa shape index (κ1) is 78.8. The smallest absolute Gasteiger partial charge is 0.542 e. The third-order valence-corrected chi connectivity index (χ3v) is 10.6. The second kappa shape index (κ2) is 30.5. The molecule has 0 aliphatic carbocycles. The van der Waals surface area contributed by atoms with Crippen molar-refractivity contribution < 1.29 is 164 Å². The zero-order chi connectivity index (χ0) is 61.9. The zero-order valence-electron chi connectivity index (χ0n) is 42.7. The van der Waals surface area contributed by atoms with Crippen LogP contribution in [0.2, 0.25) is 0 Å². The third-order valence-electron chi connectivity index (χ3n) is 10.6.